The summed E-state index contributed by atoms with van der Waals surface area (Å²) in [6, 6.07) is 7.44. The minimum Gasteiger partial charge on any atom is -0.354 e. The molecule has 0 spiro atoms. The van der Waals surface area contributed by atoms with Crippen LogP contribution in [-0.4, -0.2) is 35.0 Å². The predicted octanol–water partition coefficient (Wildman–Crippen LogP) is 4.29. The number of hydrogen-bond acceptors (Lipinski definition) is 2. The van der Waals surface area contributed by atoms with Gasteiger partial charge in [-0.25, -0.2) is 0 Å². The van der Waals surface area contributed by atoms with E-state index in [1.165, 1.54) is 47.8 Å². The summed E-state index contributed by atoms with van der Waals surface area (Å²) in [5.41, 5.74) is 4.21. The lowest BCUT2D eigenvalue weighted by Crippen LogP contribution is -2.35. The van der Waals surface area contributed by atoms with Gasteiger partial charge in [0.15, 0.2) is 0 Å². The van der Waals surface area contributed by atoms with Crippen LogP contribution in [0.4, 0.5) is 0 Å². The van der Waals surface area contributed by atoms with Crippen LogP contribution < -0.4 is 5.32 Å². The van der Waals surface area contributed by atoms with Gasteiger partial charge in [-0.05, 0) is 56.5 Å². The second kappa shape index (κ2) is 6.82. The van der Waals surface area contributed by atoms with E-state index in [9.17, 15) is 4.79 Å². The molecule has 1 N–H and O–H groups in total. The number of aromatic nitrogens is 1. The fraction of sp³-hybridized carbons (Fsp3) is 0.591. The minimum atomic E-state index is 0.239. The van der Waals surface area contributed by atoms with Crippen LogP contribution in [-0.2, 0) is 17.8 Å². The third kappa shape index (κ3) is 2.89. The van der Waals surface area contributed by atoms with E-state index < -0.39 is 0 Å². The Labute approximate surface area is 165 Å². The Balaban J connectivity index is 1.44. The summed E-state index contributed by atoms with van der Waals surface area (Å²) in [4.78, 5) is 14.9. The maximum absolute atomic E-state index is 12.4. The van der Waals surface area contributed by atoms with Crippen molar-refractivity contribution in [2.24, 2.45) is 5.92 Å². The van der Waals surface area contributed by atoms with Crippen molar-refractivity contribution >= 4 is 28.4 Å². The van der Waals surface area contributed by atoms with Gasteiger partial charge in [-0.15, -0.1) is 0 Å². The van der Waals surface area contributed by atoms with Gasteiger partial charge in [-0.1, -0.05) is 24.4 Å². The maximum atomic E-state index is 12.4. The maximum Gasteiger partial charge on any atom is 0.223 e. The second-order valence-corrected chi connectivity index (χ2v) is 9.00. The number of halogens is 1. The van der Waals surface area contributed by atoms with E-state index >= 15 is 0 Å². The lowest BCUT2D eigenvalue weighted by molar-refractivity contribution is -0.124. The van der Waals surface area contributed by atoms with Gasteiger partial charge in [0.05, 0.1) is 0 Å². The summed E-state index contributed by atoms with van der Waals surface area (Å²) < 4.78 is 2.45. The topological polar surface area (TPSA) is 37.3 Å². The average molecular weight is 386 g/mol. The summed E-state index contributed by atoms with van der Waals surface area (Å²) in [6.07, 6.45) is 8.12. The molecule has 2 aromatic rings. The summed E-state index contributed by atoms with van der Waals surface area (Å²) in [5, 5.41) is 5.30. The van der Waals surface area contributed by atoms with Crippen LogP contribution in [0.2, 0.25) is 5.02 Å². The van der Waals surface area contributed by atoms with Crippen LogP contribution >= 0.6 is 11.6 Å². The van der Waals surface area contributed by atoms with Gasteiger partial charge in [0.2, 0.25) is 5.91 Å². The molecule has 1 aliphatic carbocycles. The Morgan fingerprint density at radius 3 is 2.85 bits per heavy atom. The van der Waals surface area contributed by atoms with Gasteiger partial charge < -0.3 is 9.88 Å². The molecule has 2 unspecified atom stereocenters. The molecular weight excluding hydrogens is 358 g/mol. The van der Waals surface area contributed by atoms with Crippen molar-refractivity contribution in [2.45, 2.75) is 63.6 Å². The number of benzene rings is 1. The molecule has 5 heteroatoms. The number of rotatable bonds is 4. The molecule has 1 aromatic heterocycles. The van der Waals surface area contributed by atoms with E-state index in [0.717, 1.165) is 30.8 Å². The van der Waals surface area contributed by atoms with E-state index in [0.29, 0.717) is 18.6 Å². The molecule has 0 radical (unpaired) electrons. The van der Waals surface area contributed by atoms with Gasteiger partial charge in [0.1, 0.15) is 0 Å². The van der Waals surface area contributed by atoms with Crippen LogP contribution in [0.3, 0.4) is 0 Å². The van der Waals surface area contributed by atoms with Crippen LogP contribution in [0, 0.1) is 5.92 Å². The van der Waals surface area contributed by atoms with E-state index in [1.54, 1.807) is 0 Å². The average Bonchev–Trinajstić information content (AvgIpc) is 3.33. The first-order valence-electron chi connectivity index (χ1n) is 10.4. The molecule has 144 valence electrons. The lowest BCUT2D eigenvalue weighted by Gasteiger charge is -2.32. The van der Waals surface area contributed by atoms with E-state index in [2.05, 4.69) is 34.0 Å². The third-order valence-electron chi connectivity index (χ3n) is 7.14. The zero-order valence-electron chi connectivity index (χ0n) is 16.0. The molecule has 3 aliphatic rings. The van der Waals surface area contributed by atoms with E-state index in [4.69, 9.17) is 11.6 Å². The summed E-state index contributed by atoms with van der Waals surface area (Å²) >= 11 is 6.35. The van der Waals surface area contributed by atoms with Gasteiger partial charge >= 0.3 is 0 Å². The highest BCUT2D eigenvalue weighted by molar-refractivity contribution is 6.31. The SMILES string of the molecule is CN1C2CCC1c1c(n(CCNC(=O)C3CCCC3)c3ccc(Cl)cc13)C2. The number of fused-ring (bicyclic) bond motifs is 6. The van der Waals surface area contributed by atoms with Gasteiger partial charge in [0, 0.05) is 59.1 Å². The molecule has 5 rings (SSSR count). The minimum absolute atomic E-state index is 0.239. The van der Waals surface area contributed by atoms with Gasteiger partial charge in [0.25, 0.3) is 0 Å². The largest absolute Gasteiger partial charge is 0.354 e. The monoisotopic (exact) mass is 385 g/mol. The molecule has 27 heavy (non-hydrogen) atoms. The second-order valence-electron chi connectivity index (χ2n) is 8.56. The Morgan fingerprint density at radius 1 is 1.22 bits per heavy atom. The van der Waals surface area contributed by atoms with Gasteiger partial charge in [-0.2, -0.15) is 0 Å². The van der Waals surface area contributed by atoms with Crippen molar-refractivity contribution in [2.75, 3.05) is 13.6 Å². The highest BCUT2D eigenvalue weighted by Gasteiger charge is 2.40. The number of carbonyl (C=O) groups excluding carboxylic acids is 1. The standard InChI is InChI=1S/C22H28ClN3O/c1-25-16-7-9-19(25)21-17-12-15(23)6-8-18(17)26(20(21)13-16)11-10-24-22(27)14-4-2-3-5-14/h6,8,12,14,16,19H,2-5,7,9-11,13H2,1H3,(H,24,27). The quantitative estimate of drug-likeness (QED) is 0.852. The van der Waals surface area contributed by atoms with Crippen LogP contribution in [0.15, 0.2) is 18.2 Å². The van der Waals surface area contributed by atoms with E-state index in [-0.39, 0.29) is 11.8 Å². The van der Waals surface area contributed by atoms with Crippen molar-refractivity contribution in [3.63, 3.8) is 0 Å². The fourth-order valence-corrected chi connectivity index (χ4v) is 5.88. The first-order valence-corrected chi connectivity index (χ1v) is 10.8. The Bertz CT molecular complexity index is 883. The molecule has 2 fully saturated rings. The smallest absolute Gasteiger partial charge is 0.223 e. The first kappa shape index (κ1) is 17.6. The molecule has 2 aliphatic heterocycles. The summed E-state index contributed by atoms with van der Waals surface area (Å²) in [7, 11) is 2.26. The predicted molar refractivity (Wildman–Crippen MR) is 109 cm³/mol. The Morgan fingerprint density at radius 2 is 2.04 bits per heavy atom. The molecule has 3 heterocycles. The number of nitrogens with zero attached hydrogens (tertiary/aromatic N) is 2. The van der Waals surface area contributed by atoms with Crippen molar-refractivity contribution in [3.8, 4) is 0 Å². The molecule has 1 amide bonds. The van der Waals surface area contributed by atoms with Crippen molar-refractivity contribution in [1.29, 1.82) is 0 Å². The van der Waals surface area contributed by atoms with Crippen LogP contribution in [0.25, 0.3) is 10.9 Å². The van der Waals surface area contributed by atoms with Crippen molar-refractivity contribution in [1.82, 2.24) is 14.8 Å². The zero-order valence-corrected chi connectivity index (χ0v) is 16.8. The number of nitrogens with one attached hydrogen (secondary N) is 1. The Hall–Kier alpha value is -1.52. The lowest BCUT2D eigenvalue weighted by atomic mass is 9.97. The molecule has 2 bridgehead atoms. The molecular formula is C22H28ClN3O. The Kier molecular flexibility index (Phi) is 4.44. The molecule has 1 saturated carbocycles. The summed E-state index contributed by atoms with van der Waals surface area (Å²) in [5.74, 6) is 0.490. The highest BCUT2D eigenvalue weighted by atomic mass is 35.5. The number of carbonyl (C=O) groups is 1. The van der Waals surface area contributed by atoms with E-state index in [1.807, 2.05) is 6.07 Å². The normalized spacial score (nSPS) is 25.3. The molecule has 4 nitrogen and oxygen atoms in total. The fourth-order valence-electron chi connectivity index (χ4n) is 5.71. The highest BCUT2D eigenvalue weighted by Crippen LogP contribution is 2.47. The van der Waals surface area contributed by atoms with Gasteiger partial charge in [-0.3, -0.25) is 9.69 Å². The first-order chi connectivity index (χ1) is 13.1. The number of hydrogen-bond donors (Lipinski definition) is 1. The zero-order chi connectivity index (χ0) is 18.5. The number of amides is 1. The van der Waals surface area contributed by atoms with Crippen LogP contribution in [0.1, 0.15) is 55.8 Å². The van der Waals surface area contributed by atoms with Crippen molar-refractivity contribution < 1.29 is 4.79 Å². The third-order valence-corrected chi connectivity index (χ3v) is 7.38. The summed E-state index contributed by atoms with van der Waals surface area (Å²) in [6.45, 7) is 1.55. The number of likely N-dealkylation sites (N-methyl/N-ethyl adjacent to an activating group) is 1. The molecule has 2 atom stereocenters. The molecule has 1 aromatic carbocycles. The van der Waals surface area contributed by atoms with Crippen LogP contribution in [0.5, 0.6) is 0 Å². The molecule has 1 saturated heterocycles. The van der Waals surface area contributed by atoms with Crippen molar-refractivity contribution in [3.05, 3.63) is 34.5 Å².